The van der Waals surface area contributed by atoms with E-state index in [-0.39, 0.29) is 18.0 Å². The Morgan fingerprint density at radius 1 is 1.47 bits per heavy atom. The molecule has 1 aromatic rings. The van der Waals surface area contributed by atoms with Crippen molar-refractivity contribution in [2.75, 3.05) is 6.54 Å². The van der Waals surface area contributed by atoms with E-state index in [2.05, 4.69) is 15.9 Å². The second-order valence-corrected chi connectivity index (χ2v) is 5.99. The summed E-state index contributed by atoms with van der Waals surface area (Å²) in [6, 6.07) is 4.25. The summed E-state index contributed by atoms with van der Waals surface area (Å²) in [5.74, 6) is -0.547. The highest BCUT2D eigenvalue weighted by Crippen LogP contribution is 2.23. The van der Waals surface area contributed by atoms with Gasteiger partial charge in [0.25, 0.3) is 5.91 Å². The van der Waals surface area contributed by atoms with Crippen LogP contribution >= 0.6 is 15.9 Å². The lowest BCUT2D eigenvalue weighted by molar-refractivity contribution is 0.0583. The Kier molecular flexibility index (Phi) is 4.58. The zero-order valence-corrected chi connectivity index (χ0v) is 12.5. The van der Waals surface area contributed by atoms with Gasteiger partial charge in [-0.25, -0.2) is 4.39 Å². The predicted octanol–water partition coefficient (Wildman–Crippen LogP) is 2.93. The second-order valence-electron chi connectivity index (χ2n) is 5.08. The zero-order chi connectivity index (χ0) is 14.0. The molecule has 3 nitrogen and oxygen atoms in total. The lowest BCUT2D eigenvalue weighted by atomic mass is 9.96. The molecule has 0 aliphatic carbocycles. The van der Waals surface area contributed by atoms with E-state index in [0.29, 0.717) is 16.6 Å². The predicted molar refractivity (Wildman–Crippen MR) is 76.4 cm³/mol. The number of hydrogen-bond acceptors (Lipinski definition) is 2. The van der Waals surface area contributed by atoms with Crippen molar-refractivity contribution in [3.8, 4) is 0 Å². The molecule has 0 saturated carbocycles. The van der Waals surface area contributed by atoms with Crippen molar-refractivity contribution in [2.24, 2.45) is 5.73 Å². The third kappa shape index (κ3) is 3.34. The lowest BCUT2D eigenvalue weighted by Gasteiger charge is -2.38. The number of nitrogens with two attached hydrogens (primary N) is 1. The third-order valence-corrected chi connectivity index (χ3v) is 3.98. The van der Waals surface area contributed by atoms with Crippen LogP contribution in [0.2, 0.25) is 0 Å². The summed E-state index contributed by atoms with van der Waals surface area (Å²) in [6.45, 7) is 2.61. The number of likely N-dealkylation sites (tertiary alicyclic amines) is 1. The molecule has 104 valence electrons. The first-order valence-corrected chi connectivity index (χ1v) is 7.31. The molecule has 1 aliphatic rings. The number of piperidine rings is 1. The number of rotatable bonds is 2. The molecule has 1 amide bonds. The number of carbonyl (C=O) groups excluding carboxylic acids is 1. The molecule has 2 atom stereocenters. The molecule has 1 heterocycles. The summed E-state index contributed by atoms with van der Waals surface area (Å²) >= 11 is 3.21. The van der Waals surface area contributed by atoms with Crippen LogP contribution in [0.15, 0.2) is 22.7 Å². The van der Waals surface area contributed by atoms with Crippen LogP contribution in [0.5, 0.6) is 0 Å². The Morgan fingerprint density at radius 3 is 2.84 bits per heavy atom. The largest absolute Gasteiger partial charge is 0.334 e. The number of halogens is 2. The Balaban J connectivity index is 2.26. The van der Waals surface area contributed by atoms with E-state index in [9.17, 15) is 9.18 Å². The van der Waals surface area contributed by atoms with Crippen molar-refractivity contribution < 1.29 is 9.18 Å². The van der Waals surface area contributed by atoms with Gasteiger partial charge in [0.1, 0.15) is 5.82 Å². The molecule has 0 radical (unpaired) electrons. The van der Waals surface area contributed by atoms with Crippen LogP contribution in [0.3, 0.4) is 0 Å². The average Bonchev–Trinajstić information content (AvgIpc) is 2.36. The van der Waals surface area contributed by atoms with Crippen LogP contribution in [-0.4, -0.2) is 29.4 Å². The van der Waals surface area contributed by atoms with Gasteiger partial charge in [0.05, 0.1) is 0 Å². The fraction of sp³-hybridized carbons (Fsp3) is 0.500. The highest BCUT2D eigenvalue weighted by Gasteiger charge is 2.30. The number of carbonyl (C=O) groups is 1. The molecule has 19 heavy (non-hydrogen) atoms. The highest BCUT2D eigenvalue weighted by molar-refractivity contribution is 9.10. The molecule has 2 N–H and O–H groups in total. The Hall–Kier alpha value is -0.940. The molecular formula is C14H18BrFN2O. The van der Waals surface area contributed by atoms with Crippen LogP contribution in [0.1, 0.15) is 36.5 Å². The minimum atomic E-state index is -0.410. The summed E-state index contributed by atoms with van der Waals surface area (Å²) in [5, 5.41) is 0. The first-order valence-electron chi connectivity index (χ1n) is 6.51. The fourth-order valence-electron chi connectivity index (χ4n) is 2.60. The number of nitrogens with zero attached hydrogens (tertiary/aromatic N) is 1. The molecule has 1 aliphatic heterocycles. The highest BCUT2D eigenvalue weighted by atomic mass is 79.9. The molecule has 0 bridgehead atoms. The summed E-state index contributed by atoms with van der Waals surface area (Å²) in [7, 11) is 0. The molecule has 1 aromatic carbocycles. The van der Waals surface area contributed by atoms with E-state index in [1.807, 2.05) is 6.92 Å². The molecule has 0 spiro atoms. The van der Waals surface area contributed by atoms with Gasteiger partial charge in [-0.15, -0.1) is 0 Å². The molecule has 0 aromatic heterocycles. The van der Waals surface area contributed by atoms with Crippen LogP contribution in [-0.2, 0) is 0 Å². The van der Waals surface area contributed by atoms with Crippen LogP contribution in [0.4, 0.5) is 4.39 Å². The minimum absolute atomic E-state index is 0.0447. The summed E-state index contributed by atoms with van der Waals surface area (Å²) in [4.78, 5) is 14.3. The fourth-order valence-corrected chi connectivity index (χ4v) is 3.06. The van der Waals surface area contributed by atoms with Crippen molar-refractivity contribution >= 4 is 21.8 Å². The van der Waals surface area contributed by atoms with Crippen molar-refractivity contribution in [1.82, 2.24) is 4.90 Å². The van der Waals surface area contributed by atoms with Crippen LogP contribution in [0.25, 0.3) is 0 Å². The maximum Gasteiger partial charge on any atom is 0.254 e. The van der Waals surface area contributed by atoms with Gasteiger partial charge >= 0.3 is 0 Å². The molecule has 1 saturated heterocycles. The quantitative estimate of drug-likeness (QED) is 0.907. The van der Waals surface area contributed by atoms with E-state index in [0.717, 1.165) is 19.3 Å². The first-order chi connectivity index (χ1) is 8.99. The van der Waals surface area contributed by atoms with Crippen molar-refractivity contribution in [3.05, 3.63) is 34.1 Å². The smallest absolute Gasteiger partial charge is 0.254 e. The van der Waals surface area contributed by atoms with Gasteiger partial charge in [-0.2, -0.15) is 0 Å². The van der Waals surface area contributed by atoms with Gasteiger partial charge in [-0.1, -0.05) is 15.9 Å². The van der Waals surface area contributed by atoms with Crippen molar-refractivity contribution in [2.45, 2.75) is 38.3 Å². The SMILES string of the molecule is C[C@@H](N)[C@@H]1CCCCN1C(=O)c1cc(F)cc(Br)c1. The monoisotopic (exact) mass is 328 g/mol. The van der Waals surface area contributed by atoms with Gasteiger partial charge in [0.15, 0.2) is 0 Å². The lowest BCUT2D eigenvalue weighted by Crippen LogP contribution is -2.51. The maximum absolute atomic E-state index is 13.4. The normalized spacial score (nSPS) is 21.3. The van der Waals surface area contributed by atoms with E-state index in [1.54, 1.807) is 11.0 Å². The van der Waals surface area contributed by atoms with E-state index in [4.69, 9.17) is 5.73 Å². The Morgan fingerprint density at radius 2 is 2.21 bits per heavy atom. The van der Waals surface area contributed by atoms with Crippen LogP contribution in [0, 0.1) is 5.82 Å². The molecular weight excluding hydrogens is 311 g/mol. The molecule has 1 fully saturated rings. The third-order valence-electron chi connectivity index (χ3n) is 3.53. The Bertz CT molecular complexity index is 458. The maximum atomic E-state index is 13.4. The van der Waals surface area contributed by atoms with Gasteiger partial charge in [0, 0.05) is 28.7 Å². The van der Waals surface area contributed by atoms with Crippen molar-refractivity contribution in [1.29, 1.82) is 0 Å². The number of hydrogen-bond donors (Lipinski definition) is 1. The van der Waals surface area contributed by atoms with Crippen LogP contribution < -0.4 is 5.73 Å². The minimum Gasteiger partial charge on any atom is -0.334 e. The molecule has 0 unspecified atom stereocenters. The Labute approximate surface area is 121 Å². The van der Waals surface area contributed by atoms with Crippen molar-refractivity contribution in [3.63, 3.8) is 0 Å². The van der Waals surface area contributed by atoms with Gasteiger partial charge in [-0.05, 0) is 44.4 Å². The van der Waals surface area contributed by atoms with E-state index in [1.165, 1.54) is 12.1 Å². The first kappa shape index (κ1) is 14.5. The summed E-state index contributed by atoms with van der Waals surface area (Å²) in [6.07, 6.45) is 2.98. The van der Waals surface area contributed by atoms with E-state index < -0.39 is 5.82 Å². The second kappa shape index (κ2) is 6.01. The standard InChI is InChI=1S/C14H18BrFN2O/c1-9(17)13-4-2-3-5-18(13)14(19)10-6-11(15)8-12(16)7-10/h6-9,13H,2-5,17H2,1H3/t9-,13+/m1/s1. The molecule has 5 heteroatoms. The summed E-state index contributed by atoms with van der Waals surface area (Å²) in [5.41, 5.74) is 6.33. The van der Waals surface area contributed by atoms with Gasteiger partial charge in [-0.3, -0.25) is 4.79 Å². The van der Waals surface area contributed by atoms with Gasteiger partial charge < -0.3 is 10.6 Å². The van der Waals surface area contributed by atoms with Gasteiger partial charge in [0.2, 0.25) is 0 Å². The zero-order valence-electron chi connectivity index (χ0n) is 10.9. The summed E-state index contributed by atoms with van der Waals surface area (Å²) < 4.78 is 14.0. The molecule has 2 rings (SSSR count). The topological polar surface area (TPSA) is 46.3 Å². The van der Waals surface area contributed by atoms with E-state index >= 15 is 0 Å². The average molecular weight is 329 g/mol. The number of amides is 1. The number of benzene rings is 1.